The Morgan fingerprint density at radius 2 is 2.00 bits per heavy atom. The predicted octanol–water partition coefficient (Wildman–Crippen LogP) is 3.60. The molecule has 0 saturated heterocycles. The Kier molecular flexibility index (Phi) is 5.23. The summed E-state index contributed by atoms with van der Waals surface area (Å²) in [6.45, 7) is 6.13. The first-order valence-corrected chi connectivity index (χ1v) is 6.07. The average Bonchev–Trinajstić information content (AvgIpc) is 2.28. The van der Waals surface area contributed by atoms with Crippen molar-refractivity contribution >= 4 is 6.08 Å². The Hall–Kier alpha value is -1.28. The highest BCUT2D eigenvalue weighted by atomic mass is 16.5. The van der Waals surface area contributed by atoms with Crippen molar-refractivity contribution < 1.29 is 9.84 Å². The molecule has 0 amide bonds. The van der Waals surface area contributed by atoms with E-state index in [1.807, 2.05) is 18.2 Å². The van der Waals surface area contributed by atoms with Crippen molar-refractivity contribution in [2.24, 2.45) is 0 Å². The molecule has 1 atom stereocenters. The number of ether oxygens (including phenoxy) is 1. The third kappa shape index (κ3) is 4.23. The van der Waals surface area contributed by atoms with Crippen LogP contribution in [0.4, 0.5) is 0 Å². The minimum Gasteiger partial charge on any atom is -0.496 e. The Balaban J connectivity index is 2.94. The van der Waals surface area contributed by atoms with Gasteiger partial charge in [-0.3, -0.25) is 0 Å². The lowest BCUT2D eigenvalue weighted by molar-refractivity contribution is 0.199. The van der Waals surface area contributed by atoms with Crippen molar-refractivity contribution in [2.75, 3.05) is 7.11 Å². The summed E-state index contributed by atoms with van der Waals surface area (Å²) in [5.41, 5.74) is 2.36. The summed E-state index contributed by atoms with van der Waals surface area (Å²) >= 11 is 0. The van der Waals surface area contributed by atoms with Crippen LogP contribution in [-0.4, -0.2) is 18.3 Å². The lowest BCUT2D eigenvalue weighted by Crippen LogP contribution is -1.96. The molecule has 0 saturated carbocycles. The van der Waals surface area contributed by atoms with Crippen molar-refractivity contribution in [2.45, 2.75) is 39.2 Å². The molecule has 0 spiro atoms. The molecule has 17 heavy (non-hydrogen) atoms. The fourth-order valence-electron chi connectivity index (χ4n) is 1.63. The average molecular weight is 234 g/mol. The fourth-order valence-corrected chi connectivity index (χ4v) is 1.63. The third-order valence-corrected chi connectivity index (χ3v) is 2.70. The van der Waals surface area contributed by atoms with Gasteiger partial charge in [0.25, 0.3) is 0 Å². The Labute approximate surface area is 104 Å². The first-order chi connectivity index (χ1) is 8.04. The van der Waals surface area contributed by atoms with Gasteiger partial charge in [0.05, 0.1) is 13.2 Å². The SMILES string of the molecule is COc1ccc(C(C)C)cc1/C=C/C[C@@H](C)O. The van der Waals surface area contributed by atoms with Crippen LogP contribution in [0.1, 0.15) is 44.2 Å². The topological polar surface area (TPSA) is 29.5 Å². The maximum atomic E-state index is 9.22. The van der Waals surface area contributed by atoms with Gasteiger partial charge in [-0.05, 0) is 37.0 Å². The van der Waals surface area contributed by atoms with Crippen LogP contribution in [0.5, 0.6) is 5.75 Å². The molecule has 1 aromatic rings. The smallest absolute Gasteiger partial charge is 0.126 e. The minimum absolute atomic E-state index is 0.300. The zero-order chi connectivity index (χ0) is 12.8. The van der Waals surface area contributed by atoms with Crippen LogP contribution in [0.2, 0.25) is 0 Å². The molecule has 0 aliphatic heterocycles. The van der Waals surface area contributed by atoms with E-state index in [2.05, 4.69) is 26.0 Å². The summed E-state index contributed by atoms with van der Waals surface area (Å²) in [5.74, 6) is 1.38. The lowest BCUT2D eigenvalue weighted by Gasteiger charge is -2.10. The zero-order valence-corrected chi connectivity index (χ0v) is 11.1. The van der Waals surface area contributed by atoms with Crippen molar-refractivity contribution in [1.29, 1.82) is 0 Å². The first-order valence-electron chi connectivity index (χ1n) is 6.07. The van der Waals surface area contributed by atoms with Crippen LogP contribution in [0.3, 0.4) is 0 Å². The number of rotatable bonds is 5. The minimum atomic E-state index is -0.300. The molecule has 0 radical (unpaired) electrons. The number of aliphatic hydroxyl groups excluding tert-OH is 1. The maximum Gasteiger partial charge on any atom is 0.126 e. The monoisotopic (exact) mass is 234 g/mol. The van der Waals surface area contributed by atoms with Gasteiger partial charge in [-0.15, -0.1) is 0 Å². The molecule has 2 heteroatoms. The van der Waals surface area contributed by atoms with E-state index in [-0.39, 0.29) is 6.10 Å². The molecule has 94 valence electrons. The number of aliphatic hydroxyl groups is 1. The van der Waals surface area contributed by atoms with E-state index in [0.717, 1.165) is 11.3 Å². The van der Waals surface area contributed by atoms with Crippen LogP contribution < -0.4 is 4.74 Å². The Bertz CT molecular complexity index is 379. The standard InChI is InChI=1S/C15H22O2/c1-11(2)13-8-9-15(17-4)14(10-13)7-5-6-12(3)16/h5,7-12,16H,6H2,1-4H3/b7-5+/t12-/m1/s1. The molecular weight excluding hydrogens is 212 g/mol. The van der Waals surface area contributed by atoms with Gasteiger partial charge >= 0.3 is 0 Å². The van der Waals surface area contributed by atoms with Crippen molar-refractivity contribution in [3.05, 3.63) is 35.4 Å². The summed E-state index contributed by atoms with van der Waals surface area (Å²) in [4.78, 5) is 0. The zero-order valence-electron chi connectivity index (χ0n) is 11.1. The van der Waals surface area contributed by atoms with Crippen LogP contribution in [-0.2, 0) is 0 Å². The van der Waals surface area contributed by atoms with E-state index in [1.165, 1.54) is 5.56 Å². The van der Waals surface area contributed by atoms with Crippen LogP contribution >= 0.6 is 0 Å². The van der Waals surface area contributed by atoms with Gasteiger partial charge in [-0.25, -0.2) is 0 Å². The highest BCUT2D eigenvalue weighted by Gasteiger charge is 2.04. The second-order valence-corrected chi connectivity index (χ2v) is 4.64. The molecule has 1 rings (SSSR count). The van der Waals surface area contributed by atoms with Crippen LogP contribution in [0, 0.1) is 0 Å². The fraction of sp³-hybridized carbons (Fsp3) is 0.467. The van der Waals surface area contributed by atoms with Gasteiger partial charge < -0.3 is 9.84 Å². The summed E-state index contributed by atoms with van der Waals surface area (Å²) in [7, 11) is 1.68. The highest BCUT2D eigenvalue weighted by molar-refractivity contribution is 5.58. The van der Waals surface area contributed by atoms with E-state index in [1.54, 1.807) is 14.0 Å². The molecular formula is C15H22O2. The normalized spacial score (nSPS) is 13.3. The van der Waals surface area contributed by atoms with Crippen molar-refractivity contribution in [3.8, 4) is 5.75 Å². The van der Waals surface area contributed by atoms with E-state index < -0.39 is 0 Å². The molecule has 0 fully saturated rings. The Morgan fingerprint density at radius 1 is 1.29 bits per heavy atom. The van der Waals surface area contributed by atoms with Gasteiger partial charge in [0, 0.05) is 5.56 Å². The number of hydrogen-bond acceptors (Lipinski definition) is 2. The lowest BCUT2D eigenvalue weighted by atomic mass is 10.00. The van der Waals surface area contributed by atoms with E-state index in [0.29, 0.717) is 12.3 Å². The highest BCUT2D eigenvalue weighted by Crippen LogP contribution is 2.25. The van der Waals surface area contributed by atoms with E-state index >= 15 is 0 Å². The molecule has 0 aliphatic carbocycles. The Morgan fingerprint density at radius 3 is 2.53 bits per heavy atom. The van der Waals surface area contributed by atoms with E-state index in [4.69, 9.17) is 4.74 Å². The second-order valence-electron chi connectivity index (χ2n) is 4.64. The summed E-state index contributed by atoms with van der Waals surface area (Å²) < 4.78 is 5.32. The largest absolute Gasteiger partial charge is 0.496 e. The number of hydrogen-bond donors (Lipinski definition) is 1. The molecule has 2 nitrogen and oxygen atoms in total. The molecule has 1 aromatic carbocycles. The molecule has 0 aromatic heterocycles. The number of benzene rings is 1. The second kappa shape index (κ2) is 6.45. The number of methoxy groups -OCH3 is 1. The molecule has 0 aliphatic rings. The summed E-state index contributed by atoms with van der Waals surface area (Å²) in [6.07, 6.45) is 4.35. The van der Waals surface area contributed by atoms with E-state index in [9.17, 15) is 5.11 Å². The first kappa shape index (κ1) is 13.8. The van der Waals surface area contributed by atoms with Crippen molar-refractivity contribution in [1.82, 2.24) is 0 Å². The summed E-state index contributed by atoms with van der Waals surface area (Å²) in [6, 6.07) is 6.23. The van der Waals surface area contributed by atoms with Gasteiger partial charge in [-0.2, -0.15) is 0 Å². The molecule has 1 N–H and O–H groups in total. The van der Waals surface area contributed by atoms with Gasteiger partial charge in [-0.1, -0.05) is 32.1 Å². The van der Waals surface area contributed by atoms with Crippen LogP contribution in [0.25, 0.3) is 6.08 Å². The molecule has 0 unspecified atom stereocenters. The molecule has 0 bridgehead atoms. The van der Waals surface area contributed by atoms with Gasteiger partial charge in [0.15, 0.2) is 0 Å². The molecule has 0 heterocycles. The predicted molar refractivity (Wildman–Crippen MR) is 72.4 cm³/mol. The van der Waals surface area contributed by atoms with Crippen LogP contribution in [0.15, 0.2) is 24.3 Å². The summed E-state index contributed by atoms with van der Waals surface area (Å²) in [5, 5.41) is 9.22. The quantitative estimate of drug-likeness (QED) is 0.843. The van der Waals surface area contributed by atoms with Crippen molar-refractivity contribution in [3.63, 3.8) is 0 Å². The van der Waals surface area contributed by atoms with Gasteiger partial charge in [0.1, 0.15) is 5.75 Å². The third-order valence-electron chi connectivity index (χ3n) is 2.70. The van der Waals surface area contributed by atoms with Gasteiger partial charge in [0.2, 0.25) is 0 Å². The maximum absolute atomic E-state index is 9.22.